The summed E-state index contributed by atoms with van der Waals surface area (Å²) < 4.78 is 44.3. The maximum absolute atomic E-state index is 12.9. The van der Waals surface area contributed by atoms with Crippen LogP contribution in [0.25, 0.3) is 0 Å². The van der Waals surface area contributed by atoms with Crippen molar-refractivity contribution in [1.82, 2.24) is 5.32 Å². The topological polar surface area (TPSA) is 50.7 Å². The largest absolute Gasteiger partial charge is 0.484 e. The highest BCUT2D eigenvalue weighted by molar-refractivity contribution is 6.31. The molecule has 4 nitrogen and oxygen atoms in total. The second kappa shape index (κ2) is 10.8. The molecule has 0 aromatic heterocycles. The number of nitrogens with one attached hydrogen (secondary N) is 1. The molecule has 0 saturated heterocycles. The van der Waals surface area contributed by atoms with E-state index in [1.165, 1.54) is 18.3 Å². The minimum Gasteiger partial charge on any atom is -0.484 e. The third-order valence-corrected chi connectivity index (χ3v) is 4.78. The van der Waals surface area contributed by atoms with Gasteiger partial charge in [-0.1, -0.05) is 41.9 Å². The molecule has 3 rings (SSSR count). The number of benzene rings is 3. The second-order valence-electron chi connectivity index (χ2n) is 6.86. The highest BCUT2D eigenvalue weighted by Gasteiger charge is 2.33. The van der Waals surface area contributed by atoms with Crippen LogP contribution < -0.4 is 10.1 Å². The molecule has 0 fully saturated rings. The smallest absolute Gasteiger partial charge is 0.417 e. The molecule has 0 atom stereocenters. The third kappa shape index (κ3) is 7.13. The molecule has 0 spiro atoms. The Morgan fingerprint density at radius 3 is 2.44 bits per heavy atom. The molecule has 0 aliphatic heterocycles. The SMILES string of the molecule is O=C(COc1ccc(C=Nc2ccc(Cl)c(C(F)(F)F)c2)cc1)NCCc1ccccc1. The Hall–Kier alpha value is -3.32. The molecule has 0 radical (unpaired) electrons. The number of halogens is 4. The molecule has 0 heterocycles. The van der Waals surface area contributed by atoms with Gasteiger partial charge in [-0.05, 0) is 60.0 Å². The van der Waals surface area contributed by atoms with Crippen molar-refractivity contribution in [3.63, 3.8) is 0 Å². The second-order valence-corrected chi connectivity index (χ2v) is 7.27. The van der Waals surface area contributed by atoms with Crippen LogP contribution in [0.1, 0.15) is 16.7 Å². The lowest BCUT2D eigenvalue weighted by atomic mass is 10.1. The van der Waals surface area contributed by atoms with E-state index in [2.05, 4.69) is 10.3 Å². The van der Waals surface area contributed by atoms with Gasteiger partial charge in [-0.15, -0.1) is 0 Å². The fourth-order valence-corrected chi connectivity index (χ4v) is 3.03. The number of hydrogen-bond donors (Lipinski definition) is 1. The van der Waals surface area contributed by atoms with Crippen LogP contribution in [0.15, 0.2) is 77.8 Å². The Balaban J connectivity index is 1.48. The van der Waals surface area contributed by atoms with Gasteiger partial charge in [0.15, 0.2) is 6.61 Å². The fourth-order valence-electron chi connectivity index (χ4n) is 2.80. The number of ether oxygens (including phenoxy) is 1. The molecule has 32 heavy (non-hydrogen) atoms. The van der Waals surface area contributed by atoms with E-state index in [1.807, 2.05) is 30.3 Å². The van der Waals surface area contributed by atoms with Crippen LogP contribution >= 0.6 is 11.6 Å². The predicted molar refractivity (Wildman–Crippen MR) is 119 cm³/mol. The number of rotatable bonds is 8. The average molecular weight is 461 g/mol. The van der Waals surface area contributed by atoms with Crippen LogP contribution in [0, 0.1) is 0 Å². The summed E-state index contributed by atoms with van der Waals surface area (Å²) >= 11 is 5.61. The van der Waals surface area contributed by atoms with Gasteiger partial charge in [0, 0.05) is 12.8 Å². The molecule has 0 aliphatic carbocycles. The number of hydrogen-bond acceptors (Lipinski definition) is 3. The summed E-state index contributed by atoms with van der Waals surface area (Å²) in [5.41, 5.74) is 1.00. The van der Waals surface area contributed by atoms with Gasteiger partial charge in [0.25, 0.3) is 5.91 Å². The van der Waals surface area contributed by atoms with E-state index in [0.29, 0.717) is 17.9 Å². The molecule has 0 unspecified atom stereocenters. The zero-order valence-corrected chi connectivity index (χ0v) is 17.7. The molecule has 3 aromatic carbocycles. The van der Waals surface area contributed by atoms with Crippen LogP contribution in [0.4, 0.5) is 18.9 Å². The summed E-state index contributed by atoms with van der Waals surface area (Å²) in [5, 5.41) is 2.42. The molecule has 166 valence electrons. The first-order valence-corrected chi connectivity index (χ1v) is 10.1. The number of alkyl halides is 3. The molecule has 3 aromatic rings. The van der Waals surface area contributed by atoms with Crippen LogP contribution in [-0.2, 0) is 17.4 Å². The van der Waals surface area contributed by atoms with Crippen molar-refractivity contribution in [2.45, 2.75) is 12.6 Å². The van der Waals surface area contributed by atoms with Gasteiger partial charge in [0.1, 0.15) is 5.75 Å². The lowest BCUT2D eigenvalue weighted by molar-refractivity contribution is -0.137. The lowest BCUT2D eigenvalue weighted by Gasteiger charge is -2.09. The standard InChI is InChI=1S/C24H20ClF3N2O2/c25-22-11-8-19(14-21(22)24(26,27)28)30-15-18-6-9-20(10-7-18)32-16-23(31)29-13-12-17-4-2-1-3-5-17/h1-11,14-15H,12-13,16H2,(H,29,31). The maximum Gasteiger partial charge on any atom is 0.417 e. The molecular weight excluding hydrogens is 441 g/mol. The Kier molecular flexibility index (Phi) is 7.89. The summed E-state index contributed by atoms with van der Waals surface area (Å²) in [6.45, 7) is 0.398. The van der Waals surface area contributed by atoms with Crippen molar-refractivity contribution in [2.75, 3.05) is 13.2 Å². The first-order valence-electron chi connectivity index (χ1n) is 9.75. The van der Waals surface area contributed by atoms with Crippen LogP contribution in [0.2, 0.25) is 5.02 Å². The minimum absolute atomic E-state index is 0.118. The molecule has 0 aliphatic rings. The third-order valence-electron chi connectivity index (χ3n) is 4.45. The van der Waals surface area contributed by atoms with Gasteiger partial charge >= 0.3 is 6.18 Å². The summed E-state index contributed by atoms with van der Waals surface area (Å²) in [6, 6.07) is 20.0. The van der Waals surface area contributed by atoms with E-state index in [9.17, 15) is 18.0 Å². The fraction of sp³-hybridized carbons (Fsp3) is 0.167. The van der Waals surface area contributed by atoms with Gasteiger partial charge in [-0.2, -0.15) is 13.2 Å². The summed E-state index contributed by atoms with van der Waals surface area (Å²) in [4.78, 5) is 16.0. The summed E-state index contributed by atoms with van der Waals surface area (Å²) in [7, 11) is 0. The molecule has 0 bridgehead atoms. The molecule has 1 amide bonds. The lowest BCUT2D eigenvalue weighted by Crippen LogP contribution is -2.30. The maximum atomic E-state index is 12.9. The molecule has 8 heteroatoms. The predicted octanol–water partition coefficient (Wildman–Crippen LogP) is 5.85. The number of amides is 1. The monoisotopic (exact) mass is 460 g/mol. The van der Waals surface area contributed by atoms with Gasteiger partial charge in [0.2, 0.25) is 0 Å². The van der Waals surface area contributed by atoms with Gasteiger partial charge < -0.3 is 10.1 Å². The number of aliphatic imine (C=N–C) groups is 1. The first-order chi connectivity index (χ1) is 15.3. The van der Waals surface area contributed by atoms with Gasteiger partial charge in [0.05, 0.1) is 16.3 Å². The normalized spacial score (nSPS) is 11.5. The molecular formula is C24H20ClF3N2O2. The Labute approximate surface area is 188 Å². The summed E-state index contributed by atoms with van der Waals surface area (Å²) in [5.74, 6) is 0.265. The molecule has 1 N–H and O–H groups in total. The zero-order valence-electron chi connectivity index (χ0n) is 16.9. The van der Waals surface area contributed by atoms with Crippen molar-refractivity contribution >= 4 is 29.4 Å². The van der Waals surface area contributed by atoms with Gasteiger partial charge in [-0.25, -0.2) is 0 Å². The molecule has 0 saturated carbocycles. The average Bonchev–Trinajstić information content (AvgIpc) is 2.78. The van der Waals surface area contributed by atoms with Crippen molar-refractivity contribution in [1.29, 1.82) is 0 Å². The first kappa shape index (κ1) is 23.3. The Morgan fingerprint density at radius 1 is 1.03 bits per heavy atom. The van der Waals surface area contributed by atoms with Crippen molar-refractivity contribution in [2.24, 2.45) is 4.99 Å². The highest BCUT2D eigenvalue weighted by atomic mass is 35.5. The Bertz CT molecular complexity index is 1070. The van der Waals surface area contributed by atoms with Gasteiger partial charge in [-0.3, -0.25) is 9.79 Å². The van der Waals surface area contributed by atoms with E-state index in [0.717, 1.165) is 18.1 Å². The highest BCUT2D eigenvalue weighted by Crippen LogP contribution is 2.36. The Morgan fingerprint density at radius 2 is 1.75 bits per heavy atom. The zero-order chi connectivity index (χ0) is 23.0. The quantitative estimate of drug-likeness (QED) is 0.429. The van der Waals surface area contributed by atoms with Crippen molar-refractivity contribution < 1.29 is 22.7 Å². The summed E-state index contributed by atoms with van der Waals surface area (Å²) in [6.07, 6.45) is -2.38. The minimum atomic E-state index is -4.55. The van der Waals surface area contributed by atoms with Crippen LogP contribution in [-0.4, -0.2) is 25.3 Å². The number of carbonyl (C=O) groups excluding carboxylic acids is 1. The number of carbonyl (C=O) groups is 1. The van der Waals surface area contributed by atoms with Crippen molar-refractivity contribution in [3.05, 3.63) is 94.5 Å². The van der Waals surface area contributed by atoms with Crippen LogP contribution in [0.3, 0.4) is 0 Å². The van der Waals surface area contributed by atoms with E-state index < -0.39 is 11.7 Å². The van der Waals surface area contributed by atoms with Crippen LogP contribution in [0.5, 0.6) is 5.75 Å². The number of nitrogens with zero attached hydrogens (tertiary/aromatic N) is 1. The van der Waals surface area contributed by atoms with E-state index >= 15 is 0 Å². The van der Waals surface area contributed by atoms with E-state index in [1.54, 1.807) is 24.3 Å². The van der Waals surface area contributed by atoms with Crippen molar-refractivity contribution in [3.8, 4) is 5.75 Å². The van der Waals surface area contributed by atoms with E-state index in [-0.39, 0.29) is 23.2 Å². The van der Waals surface area contributed by atoms with E-state index in [4.69, 9.17) is 16.3 Å².